The van der Waals surface area contributed by atoms with Crippen molar-refractivity contribution in [3.8, 4) is 0 Å². The van der Waals surface area contributed by atoms with Gasteiger partial charge in [-0.3, -0.25) is 0 Å². The molecular weight excluding hydrogens is 388 g/mol. The molecule has 0 saturated heterocycles. The predicted molar refractivity (Wildman–Crippen MR) is 79.6 cm³/mol. The summed E-state index contributed by atoms with van der Waals surface area (Å²) in [4.78, 5) is 0. The van der Waals surface area contributed by atoms with Crippen LogP contribution in [-0.4, -0.2) is 10.3 Å². The van der Waals surface area contributed by atoms with Crippen LogP contribution in [0.3, 0.4) is 0 Å². The van der Waals surface area contributed by atoms with Gasteiger partial charge in [0.1, 0.15) is 11.5 Å². The van der Waals surface area contributed by atoms with Crippen LogP contribution in [-0.2, 0) is 0 Å². The molecule has 4 rings (SSSR count). The molecule has 2 fully saturated rings. The summed E-state index contributed by atoms with van der Waals surface area (Å²) in [6.45, 7) is 3.90. The summed E-state index contributed by atoms with van der Waals surface area (Å²) in [7, 11) is 0. The number of nitrogens with zero attached hydrogens (tertiary/aromatic N) is 2. The standard InChI is InChI=1S/C14H14Br2N2O2/c1-5-11(15)14(20-17-5)10-4-8(10)7-3-9(7)13-12(16)6(2)19-18-13/h7-10H,3-4H2,1-2H3. The quantitative estimate of drug-likeness (QED) is 0.747. The van der Waals surface area contributed by atoms with E-state index in [1.807, 2.05) is 13.8 Å². The number of hydrogen-bond acceptors (Lipinski definition) is 4. The highest BCUT2D eigenvalue weighted by atomic mass is 79.9. The summed E-state index contributed by atoms with van der Waals surface area (Å²) in [6.07, 6.45) is 2.40. The third-order valence-electron chi connectivity index (χ3n) is 4.55. The van der Waals surface area contributed by atoms with Gasteiger partial charge in [0.05, 0.1) is 14.6 Å². The van der Waals surface area contributed by atoms with Crippen LogP contribution in [0.1, 0.15) is 47.6 Å². The number of rotatable bonds is 3. The molecule has 4 atom stereocenters. The van der Waals surface area contributed by atoms with Crippen molar-refractivity contribution in [2.45, 2.75) is 38.5 Å². The van der Waals surface area contributed by atoms with E-state index in [1.54, 1.807) is 0 Å². The number of aromatic nitrogens is 2. The molecule has 0 aromatic carbocycles. The average Bonchev–Trinajstić information content (AvgIpc) is 3.30. The molecule has 4 nitrogen and oxygen atoms in total. The van der Waals surface area contributed by atoms with Crippen molar-refractivity contribution in [2.75, 3.05) is 0 Å². The molecule has 0 spiro atoms. The summed E-state index contributed by atoms with van der Waals surface area (Å²) in [5, 5.41) is 8.22. The highest BCUT2D eigenvalue weighted by Gasteiger charge is 2.57. The Kier molecular flexibility index (Phi) is 2.90. The Bertz CT molecular complexity index is 621. The lowest BCUT2D eigenvalue weighted by Gasteiger charge is -1.96. The minimum atomic E-state index is 0.521. The van der Waals surface area contributed by atoms with Crippen molar-refractivity contribution in [1.29, 1.82) is 0 Å². The van der Waals surface area contributed by atoms with E-state index in [-0.39, 0.29) is 0 Å². The summed E-state index contributed by atoms with van der Waals surface area (Å²) in [5.74, 6) is 4.36. The first-order chi connectivity index (χ1) is 9.58. The molecule has 0 aliphatic heterocycles. The van der Waals surface area contributed by atoms with Gasteiger partial charge >= 0.3 is 0 Å². The highest BCUT2D eigenvalue weighted by Crippen LogP contribution is 2.66. The van der Waals surface area contributed by atoms with Gasteiger partial charge in [0.2, 0.25) is 0 Å². The van der Waals surface area contributed by atoms with Crippen molar-refractivity contribution in [1.82, 2.24) is 10.3 Å². The van der Waals surface area contributed by atoms with Crippen molar-refractivity contribution in [3.63, 3.8) is 0 Å². The van der Waals surface area contributed by atoms with Crippen LogP contribution in [0.25, 0.3) is 0 Å². The lowest BCUT2D eigenvalue weighted by atomic mass is 10.1. The Labute approximate surface area is 133 Å². The number of halogens is 2. The molecule has 2 heterocycles. The number of hydrogen-bond donors (Lipinski definition) is 0. The monoisotopic (exact) mass is 400 g/mol. The van der Waals surface area contributed by atoms with Crippen LogP contribution in [0.15, 0.2) is 18.0 Å². The van der Waals surface area contributed by atoms with E-state index in [1.165, 1.54) is 12.8 Å². The fourth-order valence-corrected chi connectivity index (χ4v) is 4.08. The van der Waals surface area contributed by atoms with Crippen molar-refractivity contribution < 1.29 is 9.05 Å². The van der Waals surface area contributed by atoms with Gasteiger partial charge in [-0.15, -0.1) is 0 Å². The molecule has 0 bridgehead atoms. The van der Waals surface area contributed by atoms with Crippen molar-refractivity contribution in [3.05, 3.63) is 31.9 Å². The van der Waals surface area contributed by atoms with Crippen LogP contribution in [0.4, 0.5) is 0 Å². The third kappa shape index (κ3) is 1.91. The summed E-state index contributed by atoms with van der Waals surface area (Å²) in [6, 6.07) is 0. The molecule has 6 heteroatoms. The fourth-order valence-electron chi connectivity index (χ4n) is 3.21. The van der Waals surface area contributed by atoms with Gasteiger partial charge < -0.3 is 9.05 Å². The molecule has 2 saturated carbocycles. The number of aryl methyl sites for hydroxylation is 2. The van der Waals surface area contributed by atoms with Gasteiger partial charge in [-0.05, 0) is 70.4 Å². The summed E-state index contributed by atoms with van der Waals surface area (Å²) < 4.78 is 12.8. The maximum atomic E-state index is 5.46. The van der Waals surface area contributed by atoms with Gasteiger partial charge in [0.15, 0.2) is 5.76 Å². The zero-order chi connectivity index (χ0) is 14.0. The molecule has 2 aromatic heterocycles. The Morgan fingerprint density at radius 1 is 0.950 bits per heavy atom. The van der Waals surface area contributed by atoms with Crippen molar-refractivity contribution >= 4 is 31.9 Å². The Morgan fingerprint density at radius 3 is 2.25 bits per heavy atom. The van der Waals surface area contributed by atoms with E-state index in [2.05, 4.69) is 42.2 Å². The second-order valence-corrected chi connectivity index (χ2v) is 7.48. The van der Waals surface area contributed by atoms with E-state index in [9.17, 15) is 0 Å². The molecule has 0 amide bonds. The SMILES string of the molecule is Cc1noc(C2CC2C2CC2c2noc(C)c2Br)c1Br. The molecule has 20 heavy (non-hydrogen) atoms. The van der Waals surface area contributed by atoms with Crippen LogP contribution in [0.2, 0.25) is 0 Å². The van der Waals surface area contributed by atoms with Crippen LogP contribution in [0.5, 0.6) is 0 Å². The van der Waals surface area contributed by atoms with E-state index < -0.39 is 0 Å². The predicted octanol–water partition coefficient (Wildman–Crippen LogP) is 4.71. The first-order valence-corrected chi connectivity index (χ1v) is 8.39. The van der Waals surface area contributed by atoms with Gasteiger partial charge in [-0.2, -0.15) is 0 Å². The zero-order valence-electron chi connectivity index (χ0n) is 11.2. The zero-order valence-corrected chi connectivity index (χ0v) is 14.4. The van der Waals surface area contributed by atoms with Crippen LogP contribution >= 0.6 is 31.9 Å². The molecule has 0 N–H and O–H groups in total. The first kappa shape index (κ1) is 13.1. The summed E-state index contributed by atoms with van der Waals surface area (Å²) in [5.41, 5.74) is 2.03. The second-order valence-electron chi connectivity index (χ2n) is 5.90. The maximum Gasteiger partial charge on any atom is 0.154 e. The molecule has 2 aromatic rings. The van der Waals surface area contributed by atoms with Crippen molar-refractivity contribution in [2.24, 2.45) is 11.8 Å². The molecule has 2 aliphatic carbocycles. The summed E-state index contributed by atoms with van der Waals surface area (Å²) >= 11 is 7.14. The lowest BCUT2D eigenvalue weighted by molar-refractivity contribution is 0.373. The minimum absolute atomic E-state index is 0.521. The second kappa shape index (κ2) is 4.44. The maximum absolute atomic E-state index is 5.46. The molecular formula is C14H14Br2N2O2. The normalized spacial score (nSPS) is 31.6. The fraction of sp³-hybridized carbons (Fsp3) is 0.571. The Hall–Kier alpha value is -0.620. The van der Waals surface area contributed by atoms with Crippen LogP contribution < -0.4 is 0 Å². The Balaban J connectivity index is 1.48. The lowest BCUT2D eigenvalue weighted by Crippen LogP contribution is -1.90. The Morgan fingerprint density at radius 2 is 1.65 bits per heavy atom. The van der Waals surface area contributed by atoms with Crippen LogP contribution in [0, 0.1) is 25.7 Å². The van der Waals surface area contributed by atoms with E-state index in [0.717, 1.165) is 31.9 Å². The highest BCUT2D eigenvalue weighted by molar-refractivity contribution is 9.10. The van der Waals surface area contributed by atoms with E-state index in [0.29, 0.717) is 23.7 Å². The van der Waals surface area contributed by atoms with E-state index in [4.69, 9.17) is 9.05 Å². The largest absolute Gasteiger partial charge is 0.360 e. The third-order valence-corrected chi connectivity index (χ3v) is 6.48. The molecule has 0 radical (unpaired) electrons. The van der Waals surface area contributed by atoms with Gasteiger partial charge in [-0.1, -0.05) is 10.3 Å². The molecule has 106 valence electrons. The topological polar surface area (TPSA) is 52.1 Å². The van der Waals surface area contributed by atoms with E-state index >= 15 is 0 Å². The van der Waals surface area contributed by atoms with Gasteiger partial charge in [-0.25, -0.2) is 0 Å². The van der Waals surface area contributed by atoms with Gasteiger partial charge in [0.25, 0.3) is 0 Å². The molecule has 4 unspecified atom stereocenters. The smallest absolute Gasteiger partial charge is 0.154 e. The average molecular weight is 402 g/mol. The molecule has 2 aliphatic rings. The van der Waals surface area contributed by atoms with Gasteiger partial charge in [0, 0.05) is 11.8 Å². The first-order valence-electron chi connectivity index (χ1n) is 6.81. The minimum Gasteiger partial charge on any atom is -0.360 e.